The van der Waals surface area contributed by atoms with Crippen LogP contribution in [0.4, 0.5) is 82.4 Å². The number of nitrogens with two attached hydrogens (primary N) is 1. The van der Waals surface area contributed by atoms with Crippen LogP contribution in [0.1, 0.15) is 31.1 Å². The van der Waals surface area contributed by atoms with Crippen molar-refractivity contribution in [3.8, 4) is 11.5 Å². The smallest absolute Gasteiger partial charge is 0.335 e. The Bertz CT molecular complexity index is 7800. The fourth-order valence-electron chi connectivity index (χ4n) is 11.9. The number of phenols is 2. The fraction of sp³-hybridized carbons (Fsp3) is 0.0930. The Morgan fingerprint density at radius 1 is 0.474 bits per heavy atom. The van der Waals surface area contributed by atoms with Crippen LogP contribution in [0, 0.1) is 61.5 Å². The van der Waals surface area contributed by atoms with E-state index in [9.17, 15) is 68.0 Å². The molecule has 0 aliphatic carbocycles. The van der Waals surface area contributed by atoms with Gasteiger partial charge in [-0.05, 0) is 164 Å². The van der Waals surface area contributed by atoms with E-state index < -0.39 is 78.3 Å². The Morgan fingerprint density at radius 3 is 1.23 bits per heavy atom. The summed E-state index contributed by atoms with van der Waals surface area (Å²) < 4.78 is 166. The summed E-state index contributed by atoms with van der Waals surface area (Å²) >= 11 is 6.11. The molecule has 0 atom stereocenters. The molecular weight excluding hydrogens is 1820 g/mol. The number of carboxylic acids is 2. The number of phenolic OH excluding ortho intramolecular Hbond substituents is 2. The lowest BCUT2D eigenvalue weighted by Crippen LogP contribution is -2.26. The van der Waals surface area contributed by atoms with Crippen molar-refractivity contribution in [3.63, 3.8) is 0 Å². The number of oxazole rings is 6. The number of hydrogen-bond donors (Lipinski definition) is 10. The molecule has 47 heteroatoms. The highest BCUT2D eigenvalue weighted by atomic mass is 32.2. The van der Waals surface area contributed by atoms with E-state index in [0.29, 0.717) is 120 Å². The number of H-pyrrole nitrogens is 1. The minimum absolute atomic E-state index is 0.130. The van der Waals surface area contributed by atoms with Gasteiger partial charge in [-0.25, -0.2) is 73.1 Å². The average Bonchev–Trinajstić information content (AvgIpc) is 1.64. The number of methoxy groups -OCH3 is 1. The number of nitro benzene ring substituents is 1. The van der Waals surface area contributed by atoms with Crippen LogP contribution >= 0.6 is 24.0 Å². The first kappa shape index (κ1) is 93.8. The van der Waals surface area contributed by atoms with E-state index in [0.717, 1.165) is 52.6 Å². The van der Waals surface area contributed by atoms with E-state index in [-0.39, 0.29) is 68.6 Å². The van der Waals surface area contributed by atoms with Crippen molar-refractivity contribution in [2.75, 3.05) is 54.5 Å². The van der Waals surface area contributed by atoms with Gasteiger partial charge in [0.25, 0.3) is 16.0 Å². The number of rotatable bonds is 15. The molecule has 0 radical (unpaired) electrons. The van der Waals surface area contributed by atoms with Gasteiger partial charge in [0.2, 0.25) is 27.7 Å². The predicted molar refractivity (Wildman–Crippen MR) is 473 cm³/mol. The number of carbonyl (C=O) groups is 3. The van der Waals surface area contributed by atoms with Gasteiger partial charge in [-0.1, -0.05) is 11.8 Å². The molecular formula is C86H66F8N18O18S3. The molecule has 9 heterocycles. The molecule has 682 valence electrons. The number of aromatic hydroxyl groups is 2. The first-order valence-corrected chi connectivity index (χ1v) is 41.6. The van der Waals surface area contributed by atoms with Gasteiger partial charge in [0, 0.05) is 101 Å². The number of imidazole rings is 3. The lowest BCUT2D eigenvalue weighted by Gasteiger charge is -2.04. The van der Waals surface area contributed by atoms with Crippen molar-refractivity contribution >= 4 is 199 Å². The Balaban J connectivity index is 0.000000133. The molecule has 0 unspecified atom stereocenters. The van der Waals surface area contributed by atoms with Crippen molar-refractivity contribution in [1.82, 2.24) is 63.9 Å². The zero-order valence-electron chi connectivity index (χ0n) is 69.2. The predicted octanol–water partition coefficient (Wildman–Crippen LogP) is 18.8. The van der Waals surface area contributed by atoms with Crippen LogP contribution in [0.2, 0.25) is 0 Å². The standard InChI is InChI=1S/C19H18FN5O3.2C16H11FN4O3.C8H6FNO3S.C8H6FNOS.C7H4FNOS.C6H4FNO3.C6H6FNO/c1-25-15-6-3-11(17(26)21-7-8-27-2)9-14(15)22-18(25)24-19-23-13-5-4-12(20)10-16(13)28-19;2*1-21-12-5-2-8(14(22)23)6-11(12)18-15(21)20-16-19-10-4-3-9(17)7-13(10)24-16;1-14(11,12)8-10-6-3-2-5(9)4-7(6)13-8;1-12-8-10-6-3-2-5(9)4-7(6)11-8;8-4-1-2-5-6(3-4)10-7(11)9-5;7-4-1-2-5(8(10)11)6(9)3-4;7-4-1-2-5(8)6(9)3-4/h3-6,9-10H,7-8H2,1-2H3,(H,21,26)(H,22,23,24);2*2-7H,1H3,(H,22,23)(H,18,19,20);2-4H,1H3;2-4H,1H3;1-3H,(H,9,11);1-3,9H;1-3,9H,8H2. The highest BCUT2D eigenvalue weighted by Gasteiger charge is 2.22. The number of anilines is 7. The number of aromatic carboxylic acids is 2. The summed E-state index contributed by atoms with van der Waals surface area (Å²) in [5, 5.41) is 57.5. The number of benzene rings is 11. The van der Waals surface area contributed by atoms with Gasteiger partial charge in [-0.15, -0.1) is 0 Å². The molecule has 20 aromatic rings. The number of aromatic nitrogens is 12. The van der Waals surface area contributed by atoms with E-state index in [1.54, 1.807) is 72.8 Å². The number of carboxylic acid groups (broad SMARTS) is 2. The molecule has 11 N–H and O–H groups in total. The number of aryl methyl sites for hydroxylation is 3. The SMILES string of the molecule is COCCNC(=O)c1ccc2c(c1)nc(Nc1nc3ccc(F)cc3o1)n2C.CS(=O)(=O)c1nc2ccc(F)cc2o1.CSc1nc2ccc(F)cc2o1.Cn1c(Nc2nc3ccc(F)cc3o2)nc2cc(C(=O)O)ccc21.Cn1c(Nc2nc3ccc(F)cc3o2)nc2cc(C(=O)O)ccc21.Fc1ccc2[nH]c(=S)oc2c1.Nc1ccc(F)cc1O.O=[N+]([O-])c1ccc(F)cc1O. The highest BCUT2D eigenvalue weighted by molar-refractivity contribution is 7.98. The maximum atomic E-state index is 13.3. The Morgan fingerprint density at radius 2 is 0.835 bits per heavy atom. The lowest BCUT2D eigenvalue weighted by atomic mass is 10.2. The minimum Gasteiger partial charge on any atom is -0.506 e. The van der Waals surface area contributed by atoms with Crippen LogP contribution in [-0.4, -0.2) is 143 Å². The third-order valence-electron chi connectivity index (χ3n) is 18.4. The summed E-state index contributed by atoms with van der Waals surface area (Å²) in [7, 11) is 3.49. The normalized spacial score (nSPS) is 11.0. The monoisotopic (exact) mass is 1890 g/mol. The third-order valence-corrected chi connectivity index (χ3v) is 19.9. The molecule has 0 aliphatic rings. The van der Waals surface area contributed by atoms with E-state index >= 15 is 0 Å². The number of nitrogens with zero attached hydrogens (tertiary/aromatic N) is 12. The van der Waals surface area contributed by atoms with Crippen LogP contribution < -0.4 is 27.0 Å². The second-order valence-electron chi connectivity index (χ2n) is 27.6. The largest absolute Gasteiger partial charge is 0.506 e. The van der Waals surface area contributed by atoms with E-state index in [1.165, 1.54) is 133 Å². The Labute approximate surface area is 749 Å². The number of ether oxygens (including phenoxy) is 1. The molecule has 36 nitrogen and oxygen atoms in total. The summed E-state index contributed by atoms with van der Waals surface area (Å²) in [6, 6.07) is 45.6. The van der Waals surface area contributed by atoms with Gasteiger partial charge in [-0.2, -0.15) is 19.9 Å². The molecule has 1 amide bonds. The topological polar surface area (TPSA) is 505 Å². The van der Waals surface area contributed by atoms with Gasteiger partial charge < -0.3 is 81.4 Å². The van der Waals surface area contributed by atoms with Crippen molar-refractivity contribution in [2.45, 2.75) is 10.4 Å². The number of halogens is 8. The molecule has 20 rings (SSSR count). The van der Waals surface area contributed by atoms with E-state index in [1.807, 2.05) is 23.9 Å². The quantitative estimate of drug-likeness (QED) is 0.00666. The number of fused-ring (bicyclic) bond motifs is 9. The summed E-state index contributed by atoms with van der Waals surface area (Å²) in [6.07, 6.45) is 2.84. The number of amides is 1. The van der Waals surface area contributed by atoms with Crippen LogP contribution in [0.5, 0.6) is 11.5 Å². The van der Waals surface area contributed by atoms with E-state index in [2.05, 4.69) is 66.1 Å². The summed E-state index contributed by atoms with van der Waals surface area (Å²) in [5.74, 6) is -5.26. The zero-order valence-corrected chi connectivity index (χ0v) is 71.6. The first-order valence-electron chi connectivity index (χ1n) is 38.0. The van der Waals surface area contributed by atoms with Crippen LogP contribution in [0.3, 0.4) is 0 Å². The van der Waals surface area contributed by atoms with Gasteiger partial charge in [0.15, 0.2) is 39.2 Å². The lowest BCUT2D eigenvalue weighted by molar-refractivity contribution is -0.385. The number of carbonyl (C=O) groups excluding carboxylic acids is 1. The van der Waals surface area contributed by atoms with Crippen LogP contribution in [0.25, 0.3) is 99.7 Å². The van der Waals surface area contributed by atoms with Crippen molar-refractivity contribution < 1.29 is 115 Å². The molecule has 0 saturated carbocycles. The number of thioether (sulfide) groups is 1. The maximum Gasteiger partial charge on any atom is 0.335 e. The molecule has 9 aromatic heterocycles. The Kier molecular flexibility index (Phi) is 28.7. The van der Waals surface area contributed by atoms with Gasteiger partial charge in [0.1, 0.15) is 79.9 Å². The van der Waals surface area contributed by atoms with E-state index in [4.69, 9.17) is 69.6 Å². The number of nitro groups is 1. The van der Waals surface area contributed by atoms with Gasteiger partial charge in [0.05, 0.1) is 67.0 Å². The fourth-order valence-corrected chi connectivity index (χ4v) is 13.0. The molecule has 0 fully saturated rings. The second-order valence-corrected chi connectivity index (χ2v) is 30.7. The number of nitrogens with one attached hydrogen (secondary N) is 5. The highest BCUT2D eigenvalue weighted by Crippen LogP contribution is 2.33. The summed E-state index contributed by atoms with van der Waals surface area (Å²) in [5.41, 5.74) is 15.1. The van der Waals surface area contributed by atoms with Crippen molar-refractivity contribution in [1.29, 1.82) is 0 Å². The van der Waals surface area contributed by atoms with Crippen LogP contribution in [0.15, 0.2) is 237 Å². The van der Waals surface area contributed by atoms with Crippen molar-refractivity contribution in [2.24, 2.45) is 21.1 Å². The Hall–Kier alpha value is -16.8. The summed E-state index contributed by atoms with van der Waals surface area (Å²) in [4.78, 5) is 80.3. The molecule has 0 spiro atoms. The molecule has 133 heavy (non-hydrogen) atoms. The number of sulfone groups is 1. The van der Waals surface area contributed by atoms with Crippen LogP contribution in [-0.2, 0) is 35.7 Å². The average molecular weight is 1890 g/mol. The minimum atomic E-state index is -3.48. The number of hydrogen-bond acceptors (Lipinski definition) is 30. The first-order chi connectivity index (χ1) is 63.4. The molecule has 0 bridgehead atoms. The third kappa shape index (κ3) is 23.4. The number of aromatic amines is 1. The second kappa shape index (κ2) is 40.7. The van der Waals surface area contributed by atoms with Gasteiger partial charge >= 0.3 is 40.9 Å². The molecule has 11 aromatic carbocycles. The zero-order chi connectivity index (χ0) is 95.4. The summed E-state index contributed by atoms with van der Waals surface area (Å²) in [6.45, 7) is 0.876. The molecule has 0 aliphatic heterocycles. The maximum absolute atomic E-state index is 13.3. The number of nitrogen functional groups attached to an aromatic ring is 1. The molecule has 0 saturated heterocycles. The van der Waals surface area contributed by atoms with Crippen molar-refractivity contribution in [3.05, 3.63) is 278 Å². The van der Waals surface area contributed by atoms with Gasteiger partial charge in [-0.3, -0.25) is 30.9 Å².